The van der Waals surface area contributed by atoms with E-state index in [1.54, 1.807) is 36.4 Å². The SMILES string of the molecule is O=C(CCNS(=O)(=O)c1ccccc1)NNC(=O)c1cccc(Cl)c1. The van der Waals surface area contributed by atoms with E-state index in [4.69, 9.17) is 11.6 Å². The molecule has 0 aliphatic carbocycles. The van der Waals surface area contributed by atoms with Crippen molar-refractivity contribution < 1.29 is 18.0 Å². The van der Waals surface area contributed by atoms with Crippen molar-refractivity contribution in [3.05, 3.63) is 65.2 Å². The van der Waals surface area contributed by atoms with Crippen molar-refractivity contribution >= 4 is 33.4 Å². The van der Waals surface area contributed by atoms with E-state index < -0.39 is 21.8 Å². The first-order valence-electron chi connectivity index (χ1n) is 7.28. The Balaban J connectivity index is 1.77. The largest absolute Gasteiger partial charge is 0.273 e. The van der Waals surface area contributed by atoms with Crippen LogP contribution in [0.15, 0.2) is 59.5 Å². The lowest BCUT2D eigenvalue weighted by atomic mass is 10.2. The van der Waals surface area contributed by atoms with Crippen LogP contribution >= 0.6 is 11.6 Å². The monoisotopic (exact) mass is 381 g/mol. The maximum atomic E-state index is 12.0. The minimum Gasteiger partial charge on any atom is -0.273 e. The van der Waals surface area contributed by atoms with E-state index in [2.05, 4.69) is 15.6 Å². The Kier molecular flexibility index (Phi) is 6.51. The van der Waals surface area contributed by atoms with E-state index >= 15 is 0 Å². The van der Waals surface area contributed by atoms with Crippen LogP contribution in [-0.4, -0.2) is 26.8 Å². The van der Waals surface area contributed by atoms with Crippen LogP contribution in [0, 0.1) is 0 Å². The molecule has 2 aromatic carbocycles. The highest BCUT2D eigenvalue weighted by molar-refractivity contribution is 7.89. The Bertz CT molecular complexity index is 857. The maximum absolute atomic E-state index is 12.0. The number of carbonyl (C=O) groups is 2. The lowest BCUT2D eigenvalue weighted by molar-refractivity contribution is -0.121. The molecule has 0 aliphatic heterocycles. The van der Waals surface area contributed by atoms with Crippen LogP contribution in [0.3, 0.4) is 0 Å². The number of benzene rings is 2. The van der Waals surface area contributed by atoms with Crippen molar-refractivity contribution in [2.24, 2.45) is 0 Å². The first kappa shape index (κ1) is 18.9. The summed E-state index contributed by atoms with van der Waals surface area (Å²) in [7, 11) is -3.67. The maximum Gasteiger partial charge on any atom is 0.269 e. The molecule has 9 heteroatoms. The van der Waals surface area contributed by atoms with Crippen LogP contribution in [0.1, 0.15) is 16.8 Å². The average molecular weight is 382 g/mol. The van der Waals surface area contributed by atoms with Crippen molar-refractivity contribution in [1.29, 1.82) is 0 Å². The predicted molar refractivity (Wildman–Crippen MR) is 93.3 cm³/mol. The molecule has 0 atom stereocenters. The standard InChI is InChI=1S/C16H16ClN3O4S/c17-13-6-4-5-12(11-13)16(22)20-19-15(21)9-10-18-25(23,24)14-7-2-1-3-8-14/h1-8,11,18H,9-10H2,(H,19,21)(H,20,22). The molecule has 0 bridgehead atoms. The Hall–Kier alpha value is -2.42. The number of sulfonamides is 1. The van der Waals surface area contributed by atoms with Crippen molar-refractivity contribution in [3.8, 4) is 0 Å². The van der Waals surface area contributed by atoms with Crippen LogP contribution in [0.25, 0.3) is 0 Å². The minimum absolute atomic E-state index is 0.101. The van der Waals surface area contributed by atoms with E-state index in [0.717, 1.165) is 0 Å². The van der Waals surface area contributed by atoms with Crippen molar-refractivity contribution in [1.82, 2.24) is 15.6 Å². The summed E-state index contributed by atoms with van der Waals surface area (Å²) in [6.45, 7) is -0.101. The summed E-state index contributed by atoms with van der Waals surface area (Å²) in [4.78, 5) is 23.6. The predicted octanol–water partition coefficient (Wildman–Crippen LogP) is 1.47. The second kappa shape index (κ2) is 8.61. The summed E-state index contributed by atoms with van der Waals surface area (Å²) >= 11 is 5.78. The Morgan fingerprint density at radius 3 is 2.36 bits per heavy atom. The zero-order chi connectivity index (χ0) is 18.3. The molecule has 25 heavy (non-hydrogen) atoms. The average Bonchev–Trinajstić information content (AvgIpc) is 2.60. The highest BCUT2D eigenvalue weighted by Crippen LogP contribution is 2.10. The highest BCUT2D eigenvalue weighted by Gasteiger charge is 2.13. The summed E-state index contributed by atoms with van der Waals surface area (Å²) < 4.78 is 26.3. The molecular formula is C16H16ClN3O4S. The fourth-order valence-electron chi connectivity index (χ4n) is 1.87. The van der Waals surface area contributed by atoms with E-state index in [1.807, 2.05) is 0 Å². The van der Waals surface area contributed by atoms with Gasteiger partial charge >= 0.3 is 0 Å². The number of amides is 2. The highest BCUT2D eigenvalue weighted by atomic mass is 35.5. The van der Waals surface area contributed by atoms with Crippen LogP contribution < -0.4 is 15.6 Å². The second-order valence-corrected chi connectivity index (χ2v) is 7.18. The molecule has 132 valence electrons. The number of nitrogens with one attached hydrogen (secondary N) is 3. The van der Waals surface area contributed by atoms with Gasteiger partial charge < -0.3 is 0 Å². The van der Waals surface area contributed by atoms with Gasteiger partial charge in [-0.2, -0.15) is 0 Å². The van der Waals surface area contributed by atoms with Crippen molar-refractivity contribution in [2.45, 2.75) is 11.3 Å². The first-order chi connectivity index (χ1) is 11.9. The molecule has 0 saturated carbocycles. The quantitative estimate of drug-likeness (QED) is 0.659. The van der Waals surface area contributed by atoms with Gasteiger partial charge in [0, 0.05) is 23.6 Å². The fraction of sp³-hybridized carbons (Fsp3) is 0.125. The number of halogens is 1. The summed E-state index contributed by atoms with van der Waals surface area (Å²) in [6.07, 6.45) is -0.137. The molecule has 0 unspecified atom stereocenters. The van der Waals surface area contributed by atoms with Gasteiger partial charge in [-0.05, 0) is 30.3 Å². The van der Waals surface area contributed by atoms with Crippen LogP contribution in [0.4, 0.5) is 0 Å². The molecule has 2 rings (SSSR count). The van der Waals surface area contributed by atoms with E-state index in [9.17, 15) is 18.0 Å². The van der Waals surface area contributed by atoms with Gasteiger partial charge in [0.25, 0.3) is 5.91 Å². The topological polar surface area (TPSA) is 104 Å². The third-order valence-electron chi connectivity index (χ3n) is 3.10. The molecule has 7 nitrogen and oxygen atoms in total. The fourth-order valence-corrected chi connectivity index (χ4v) is 3.12. The Labute approximate surface area is 150 Å². The normalized spacial score (nSPS) is 10.9. The summed E-state index contributed by atoms with van der Waals surface area (Å²) in [5, 5.41) is 0.397. The molecule has 2 aromatic rings. The third-order valence-corrected chi connectivity index (χ3v) is 4.81. The number of hydrogen-bond acceptors (Lipinski definition) is 4. The lowest BCUT2D eigenvalue weighted by Gasteiger charge is -2.09. The molecule has 0 spiro atoms. The first-order valence-corrected chi connectivity index (χ1v) is 9.14. The molecule has 0 saturated heterocycles. The van der Waals surface area contributed by atoms with Gasteiger partial charge in [-0.15, -0.1) is 0 Å². The van der Waals surface area contributed by atoms with E-state index in [1.165, 1.54) is 18.2 Å². The molecular weight excluding hydrogens is 366 g/mol. The van der Waals surface area contributed by atoms with Crippen LogP contribution in [0.2, 0.25) is 5.02 Å². The summed E-state index contributed by atoms with van der Waals surface area (Å²) in [5.41, 5.74) is 4.73. The number of carbonyl (C=O) groups excluding carboxylic acids is 2. The van der Waals surface area contributed by atoms with Crippen molar-refractivity contribution in [3.63, 3.8) is 0 Å². The smallest absolute Gasteiger partial charge is 0.269 e. The number of rotatable bonds is 6. The summed E-state index contributed by atoms with van der Waals surface area (Å²) in [6, 6.07) is 14.0. The zero-order valence-electron chi connectivity index (χ0n) is 13.0. The van der Waals surface area contributed by atoms with Gasteiger partial charge in [-0.1, -0.05) is 35.9 Å². The number of hydrazine groups is 1. The number of hydrogen-bond donors (Lipinski definition) is 3. The van der Waals surface area contributed by atoms with Gasteiger partial charge in [-0.3, -0.25) is 20.4 Å². The van der Waals surface area contributed by atoms with E-state index in [0.29, 0.717) is 5.02 Å². The molecule has 0 heterocycles. The lowest BCUT2D eigenvalue weighted by Crippen LogP contribution is -2.42. The third kappa shape index (κ3) is 5.86. The van der Waals surface area contributed by atoms with Gasteiger partial charge in [0.1, 0.15) is 0 Å². The van der Waals surface area contributed by atoms with Gasteiger partial charge in [0.05, 0.1) is 4.90 Å². The van der Waals surface area contributed by atoms with Crippen molar-refractivity contribution in [2.75, 3.05) is 6.54 Å². The van der Waals surface area contributed by atoms with Crippen LogP contribution in [0.5, 0.6) is 0 Å². The molecule has 0 aromatic heterocycles. The molecule has 0 aliphatic rings. The zero-order valence-corrected chi connectivity index (χ0v) is 14.6. The minimum atomic E-state index is -3.67. The van der Waals surface area contributed by atoms with E-state index in [-0.39, 0.29) is 23.4 Å². The Morgan fingerprint density at radius 2 is 1.68 bits per heavy atom. The van der Waals surface area contributed by atoms with Gasteiger partial charge in [0.15, 0.2) is 0 Å². The molecule has 0 radical (unpaired) electrons. The molecule has 2 amide bonds. The summed E-state index contributed by atoms with van der Waals surface area (Å²) in [5.74, 6) is -1.06. The van der Waals surface area contributed by atoms with Crippen LogP contribution in [-0.2, 0) is 14.8 Å². The van der Waals surface area contributed by atoms with Gasteiger partial charge in [0.2, 0.25) is 15.9 Å². The molecule has 0 fully saturated rings. The molecule has 3 N–H and O–H groups in total. The second-order valence-electron chi connectivity index (χ2n) is 4.97. The van der Waals surface area contributed by atoms with Gasteiger partial charge in [-0.25, -0.2) is 13.1 Å². The Morgan fingerprint density at radius 1 is 0.960 bits per heavy atom.